The molecule has 0 radical (unpaired) electrons. The quantitative estimate of drug-likeness (QED) is 0.164. The first-order valence-electron chi connectivity index (χ1n) is 30.4. The van der Waals surface area contributed by atoms with Gasteiger partial charge >= 0.3 is 0 Å². The first-order valence-corrected chi connectivity index (χ1v) is 30.4. The van der Waals surface area contributed by atoms with Crippen molar-refractivity contribution < 1.29 is 8.83 Å². The number of rotatable bonds is 4. The molecular formula is C75H69BN4O2. The second-order valence-electron chi connectivity index (χ2n) is 27.1. The third-order valence-electron chi connectivity index (χ3n) is 21.9. The molecule has 4 atom stereocenters. The normalized spacial score (nSPS) is 23.3. The second kappa shape index (κ2) is 16.5. The van der Waals surface area contributed by atoms with E-state index in [0.29, 0.717) is 0 Å². The summed E-state index contributed by atoms with van der Waals surface area (Å²) >= 11 is 0. The van der Waals surface area contributed by atoms with Crippen molar-refractivity contribution in [1.82, 2.24) is 0 Å². The summed E-state index contributed by atoms with van der Waals surface area (Å²) in [4.78, 5) is 10.7. The largest absolute Gasteiger partial charge is 0.456 e. The van der Waals surface area contributed by atoms with Gasteiger partial charge in [-0.2, -0.15) is 0 Å². The molecule has 7 heteroatoms. The Bertz CT molecular complexity index is 4560. The Kier molecular flexibility index (Phi) is 9.78. The molecule has 2 saturated carbocycles. The summed E-state index contributed by atoms with van der Waals surface area (Å²) in [5.74, 6) is 0. The number of para-hydroxylation sites is 4. The van der Waals surface area contributed by atoms with E-state index in [9.17, 15) is 0 Å². The van der Waals surface area contributed by atoms with Gasteiger partial charge in [-0.1, -0.05) is 151 Å². The Morgan fingerprint density at radius 1 is 0.415 bits per heavy atom. The van der Waals surface area contributed by atoms with Crippen molar-refractivity contribution in [2.45, 2.75) is 134 Å². The average Bonchev–Trinajstić information content (AvgIpc) is 2.04. The number of fused-ring (bicyclic) bond motifs is 16. The molecule has 404 valence electrons. The highest BCUT2D eigenvalue weighted by Gasteiger charge is 2.60. The van der Waals surface area contributed by atoms with Gasteiger partial charge in [-0.3, -0.25) is 0 Å². The molecule has 82 heavy (non-hydrogen) atoms. The molecule has 2 aliphatic carbocycles. The fourth-order valence-corrected chi connectivity index (χ4v) is 17.4. The fourth-order valence-electron chi connectivity index (χ4n) is 17.4. The molecular weight excluding hydrogens is 1000 g/mol. The van der Waals surface area contributed by atoms with Crippen molar-refractivity contribution in [3.05, 3.63) is 198 Å². The molecule has 6 nitrogen and oxygen atoms in total. The Labute approximate surface area is 482 Å². The van der Waals surface area contributed by atoms with E-state index < -0.39 is 0 Å². The van der Waals surface area contributed by atoms with Crippen LogP contribution in [0.25, 0.3) is 43.9 Å². The first-order chi connectivity index (χ1) is 39.7. The standard InChI is InChI=1S/C75H69BN4O2/c1-46-40-64-69-65(41-46)78(61-25-19-22-53-51-20-9-14-27-67(51)82-70(53)61)63-45-50(80-60-34-28-47(71(2,3)4)42-56(60)73(6)37-16-18-39-75(73,80)8)30-33-58(63)76(69)57-32-29-49(79-59-24-12-11-23-55(59)72(5)36-15-17-38-74(72,79)7)44-62(57)77(64)48-31-35-68-54(43-48)52-21-10-13-26-66(52)81-68/h9-14,19-35,40-45H,15-18,36-39H2,1-8H3. The van der Waals surface area contributed by atoms with E-state index in [2.05, 4.69) is 251 Å². The lowest BCUT2D eigenvalue weighted by atomic mass is 9.33. The van der Waals surface area contributed by atoms with E-state index in [0.717, 1.165) is 68.1 Å². The molecule has 9 aromatic carbocycles. The van der Waals surface area contributed by atoms with Crippen molar-refractivity contribution in [3.63, 3.8) is 0 Å². The van der Waals surface area contributed by atoms with Crippen LogP contribution in [0.3, 0.4) is 0 Å². The van der Waals surface area contributed by atoms with Gasteiger partial charge in [0.1, 0.15) is 16.7 Å². The molecule has 0 spiro atoms. The minimum absolute atomic E-state index is 0.0203. The van der Waals surface area contributed by atoms with E-state index in [1.165, 1.54) is 123 Å². The van der Waals surface area contributed by atoms with E-state index in [-0.39, 0.29) is 34.0 Å². The van der Waals surface area contributed by atoms with Crippen LogP contribution in [-0.2, 0) is 16.2 Å². The Morgan fingerprint density at radius 2 is 0.951 bits per heavy atom. The Balaban J connectivity index is 0.946. The van der Waals surface area contributed by atoms with Crippen LogP contribution in [-0.4, -0.2) is 17.8 Å². The lowest BCUT2D eigenvalue weighted by Crippen LogP contribution is -2.61. The predicted octanol–water partition coefficient (Wildman–Crippen LogP) is 18.7. The SMILES string of the molecule is Cc1cc2c3c(c1)N(c1cccc4c1oc1ccccc14)c1cc(N4c5ccc(C(C)(C)C)cc5C5(C)CCCCC45C)ccc1B3c1ccc(N3c4ccccc4C4(C)CCCCC34C)cc1N2c1ccc2oc3ccccc3c2c1. The Morgan fingerprint density at radius 3 is 1.65 bits per heavy atom. The van der Waals surface area contributed by atoms with Crippen LogP contribution in [0.5, 0.6) is 0 Å². The number of benzene rings is 9. The molecule has 4 aliphatic heterocycles. The van der Waals surface area contributed by atoms with Crippen LogP contribution >= 0.6 is 0 Å². The molecule has 0 N–H and O–H groups in total. The smallest absolute Gasteiger partial charge is 0.252 e. The summed E-state index contributed by atoms with van der Waals surface area (Å²) in [7, 11) is 0. The van der Waals surface area contributed by atoms with Gasteiger partial charge < -0.3 is 28.4 Å². The highest BCUT2D eigenvalue weighted by Crippen LogP contribution is 2.63. The predicted molar refractivity (Wildman–Crippen MR) is 344 cm³/mol. The minimum Gasteiger partial charge on any atom is -0.456 e. The van der Waals surface area contributed by atoms with E-state index in [1.54, 1.807) is 0 Å². The van der Waals surface area contributed by atoms with Gasteiger partial charge in [-0.25, -0.2) is 0 Å². The molecule has 0 bridgehead atoms. The number of anilines is 10. The van der Waals surface area contributed by atoms with Crippen molar-refractivity contribution in [1.29, 1.82) is 0 Å². The molecule has 4 unspecified atom stereocenters. The van der Waals surface area contributed by atoms with Crippen molar-refractivity contribution >= 4 is 124 Å². The van der Waals surface area contributed by atoms with E-state index in [1.807, 2.05) is 0 Å². The highest BCUT2D eigenvalue weighted by atomic mass is 16.3. The summed E-state index contributed by atoms with van der Waals surface area (Å²) in [5, 5.41) is 4.49. The maximum absolute atomic E-state index is 7.09. The summed E-state index contributed by atoms with van der Waals surface area (Å²) in [6, 6.07) is 67.4. The highest BCUT2D eigenvalue weighted by molar-refractivity contribution is 7.00. The summed E-state index contributed by atoms with van der Waals surface area (Å²) in [5.41, 5.74) is 24.9. The van der Waals surface area contributed by atoms with Crippen LogP contribution in [0.4, 0.5) is 56.9 Å². The molecule has 6 aliphatic rings. The second-order valence-corrected chi connectivity index (χ2v) is 27.1. The van der Waals surface area contributed by atoms with Crippen LogP contribution in [0.1, 0.15) is 122 Å². The van der Waals surface area contributed by atoms with Gasteiger partial charge in [0.15, 0.2) is 5.58 Å². The van der Waals surface area contributed by atoms with E-state index >= 15 is 0 Å². The summed E-state index contributed by atoms with van der Waals surface area (Å²) in [6.07, 6.45) is 9.55. The third kappa shape index (κ3) is 6.22. The number of nitrogens with zero attached hydrogens (tertiary/aromatic N) is 4. The zero-order valence-corrected chi connectivity index (χ0v) is 48.6. The third-order valence-corrected chi connectivity index (χ3v) is 21.9. The number of hydrogen-bond acceptors (Lipinski definition) is 6. The molecule has 11 aromatic rings. The minimum atomic E-state index is -0.132. The monoisotopic (exact) mass is 1070 g/mol. The van der Waals surface area contributed by atoms with Crippen molar-refractivity contribution in [2.75, 3.05) is 19.6 Å². The number of furan rings is 2. The average molecular weight is 1070 g/mol. The van der Waals surface area contributed by atoms with Gasteiger partial charge in [-0.15, -0.1) is 0 Å². The Hall–Kier alpha value is -8.16. The van der Waals surface area contributed by atoms with Gasteiger partial charge in [-0.05, 0) is 175 Å². The van der Waals surface area contributed by atoms with Gasteiger partial charge in [0, 0.05) is 83.6 Å². The van der Waals surface area contributed by atoms with Gasteiger partial charge in [0.05, 0.1) is 16.8 Å². The fraction of sp³-hybridized carbons (Fsp3) is 0.280. The van der Waals surface area contributed by atoms with Gasteiger partial charge in [0.25, 0.3) is 6.71 Å². The summed E-state index contributed by atoms with van der Waals surface area (Å²) in [6.45, 7) is 19.5. The molecule has 17 rings (SSSR count). The molecule has 2 fully saturated rings. The maximum Gasteiger partial charge on any atom is 0.252 e. The lowest BCUT2D eigenvalue weighted by Gasteiger charge is -2.51. The topological polar surface area (TPSA) is 39.2 Å². The van der Waals surface area contributed by atoms with Crippen LogP contribution in [0, 0.1) is 6.92 Å². The number of aryl methyl sites for hydroxylation is 1. The zero-order valence-electron chi connectivity index (χ0n) is 48.6. The van der Waals surface area contributed by atoms with Crippen molar-refractivity contribution in [3.8, 4) is 0 Å². The van der Waals surface area contributed by atoms with Crippen LogP contribution in [0.2, 0.25) is 0 Å². The van der Waals surface area contributed by atoms with Crippen LogP contribution in [0.15, 0.2) is 185 Å². The molecule has 2 aromatic heterocycles. The number of hydrogen-bond donors (Lipinski definition) is 0. The first kappa shape index (κ1) is 48.5. The van der Waals surface area contributed by atoms with Gasteiger partial charge in [0.2, 0.25) is 0 Å². The molecule has 0 saturated heterocycles. The zero-order chi connectivity index (χ0) is 55.4. The maximum atomic E-state index is 7.09. The van der Waals surface area contributed by atoms with Crippen LogP contribution < -0.4 is 36.0 Å². The van der Waals surface area contributed by atoms with E-state index in [4.69, 9.17) is 8.83 Å². The molecule has 6 heterocycles. The summed E-state index contributed by atoms with van der Waals surface area (Å²) < 4.78 is 13.6. The lowest BCUT2D eigenvalue weighted by molar-refractivity contribution is 0.195. The van der Waals surface area contributed by atoms with Crippen molar-refractivity contribution in [2.24, 2.45) is 0 Å². The molecule has 0 amide bonds.